The number of para-hydroxylation sites is 1. The van der Waals surface area contributed by atoms with Gasteiger partial charge in [0.2, 0.25) is 0 Å². The number of aromatic nitrogens is 1. The topological polar surface area (TPSA) is 40.2 Å². The average molecular weight is 276 g/mol. The maximum Gasteiger partial charge on any atom is 0.122 e. The second-order valence-corrected chi connectivity index (χ2v) is 11.8. The molecule has 4 heteroatoms. The molecule has 0 spiro atoms. The SMILES string of the molecule is C[Si](C)(C)CCOCn1ccc2cccc(CN)c21. The van der Waals surface area contributed by atoms with Crippen LogP contribution in [-0.4, -0.2) is 19.2 Å². The lowest BCUT2D eigenvalue weighted by atomic mass is 10.1. The van der Waals surface area contributed by atoms with Crippen LogP contribution in [0.15, 0.2) is 30.5 Å². The van der Waals surface area contributed by atoms with Gasteiger partial charge in [-0.2, -0.15) is 0 Å². The van der Waals surface area contributed by atoms with Crippen LogP contribution in [0.3, 0.4) is 0 Å². The number of nitrogens with two attached hydrogens (primary N) is 1. The van der Waals surface area contributed by atoms with Gasteiger partial charge in [-0.3, -0.25) is 0 Å². The number of hydrogen-bond donors (Lipinski definition) is 1. The molecule has 1 aromatic heterocycles. The highest BCUT2D eigenvalue weighted by Gasteiger charge is 2.12. The highest BCUT2D eigenvalue weighted by molar-refractivity contribution is 6.76. The molecule has 0 radical (unpaired) electrons. The first-order valence-electron chi connectivity index (χ1n) is 6.86. The second kappa shape index (κ2) is 5.90. The lowest BCUT2D eigenvalue weighted by molar-refractivity contribution is 0.0902. The Morgan fingerprint density at radius 2 is 2.00 bits per heavy atom. The van der Waals surface area contributed by atoms with Gasteiger partial charge in [0.1, 0.15) is 6.73 Å². The van der Waals surface area contributed by atoms with Crippen molar-refractivity contribution in [3.8, 4) is 0 Å². The van der Waals surface area contributed by atoms with Crippen LogP contribution in [0.2, 0.25) is 25.7 Å². The molecular formula is C15H24N2OSi. The van der Waals surface area contributed by atoms with Crippen LogP contribution in [0.5, 0.6) is 0 Å². The standard InChI is InChI=1S/C15H24N2OSi/c1-19(2,3)10-9-18-12-17-8-7-13-5-4-6-14(11-16)15(13)17/h4-8H,9-12,16H2,1-3H3. The Kier molecular flexibility index (Phi) is 4.45. The third-order valence-electron chi connectivity index (χ3n) is 3.32. The maximum atomic E-state index is 5.82. The molecule has 2 rings (SSSR count). The lowest BCUT2D eigenvalue weighted by Gasteiger charge is -2.16. The minimum Gasteiger partial charge on any atom is -0.361 e. The van der Waals surface area contributed by atoms with Crippen molar-refractivity contribution in [2.45, 2.75) is 39.0 Å². The van der Waals surface area contributed by atoms with Gasteiger partial charge in [-0.05, 0) is 23.1 Å². The summed E-state index contributed by atoms with van der Waals surface area (Å²) in [5, 5.41) is 1.23. The van der Waals surface area contributed by atoms with E-state index in [1.807, 2.05) is 0 Å². The Morgan fingerprint density at radius 1 is 1.21 bits per heavy atom. The smallest absolute Gasteiger partial charge is 0.122 e. The first kappa shape index (κ1) is 14.3. The Bertz CT molecular complexity index is 543. The molecule has 0 aliphatic rings. The summed E-state index contributed by atoms with van der Waals surface area (Å²) in [6, 6.07) is 9.58. The fourth-order valence-electron chi connectivity index (χ4n) is 2.15. The summed E-state index contributed by atoms with van der Waals surface area (Å²) in [5.74, 6) is 0. The van der Waals surface area contributed by atoms with E-state index in [1.165, 1.54) is 22.5 Å². The first-order valence-corrected chi connectivity index (χ1v) is 10.6. The van der Waals surface area contributed by atoms with Crippen LogP contribution < -0.4 is 5.73 Å². The molecular weight excluding hydrogens is 252 g/mol. The molecule has 0 amide bonds. The van der Waals surface area contributed by atoms with E-state index in [4.69, 9.17) is 10.5 Å². The molecule has 0 saturated heterocycles. The van der Waals surface area contributed by atoms with Gasteiger partial charge in [0.05, 0.1) is 5.52 Å². The van der Waals surface area contributed by atoms with Crippen LogP contribution >= 0.6 is 0 Å². The van der Waals surface area contributed by atoms with Crippen molar-refractivity contribution in [1.82, 2.24) is 4.57 Å². The van der Waals surface area contributed by atoms with Gasteiger partial charge >= 0.3 is 0 Å². The first-order chi connectivity index (χ1) is 9.01. The highest BCUT2D eigenvalue weighted by Crippen LogP contribution is 2.20. The van der Waals surface area contributed by atoms with Crippen molar-refractivity contribution in [2.24, 2.45) is 5.73 Å². The van der Waals surface area contributed by atoms with Crippen LogP contribution in [0.1, 0.15) is 5.56 Å². The number of benzene rings is 1. The molecule has 3 nitrogen and oxygen atoms in total. The van der Waals surface area contributed by atoms with Crippen molar-refractivity contribution < 1.29 is 4.74 Å². The summed E-state index contributed by atoms with van der Waals surface area (Å²) >= 11 is 0. The van der Waals surface area contributed by atoms with E-state index in [9.17, 15) is 0 Å². The summed E-state index contributed by atoms with van der Waals surface area (Å²) in [7, 11) is -1.01. The summed E-state index contributed by atoms with van der Waals surface area (Å²) in [4.78, 5) is 0. The predicted molar refractivity (Wildman–Crippen MR) is 83.9 cm³/mol. The maximum absolute atomic E-state index is 5.82. The zero-order valence-electron chi connectivity index (χ0n) is 12.1. The monoisotopic (exact) mass is 276 g/mol. The van der Waals surface area contributed by atoms with E-state index in [0.717, 1.165) is 6.61 Å². The number of hydrogen-bond acceptors (Lipinski definition) is 2. The van der Waals surface area contributed by atoms with Crippen molar-refractivity contribution in [3.63, 3.8) is 0 Å². The Labute approximate surface area is 116 Å². The van der Waals surface area contributed by atoms with Crippen molar-refractivity contribution in [2.75, 3.05) is 6.61 Å². The zero-order valence-corrected chi connectivity index (χ0v) is 13.1. The quantitative estimate of drug-likeness (QED) is 0.649. The fourth-order valence-corrected chi connectivity index (χ4v) is 2.91. The molecule has 0 atom stereocenters. The fraction of sp³-hybridized carbons (Fsp3) is 0.467. The summed E-state index contributed by atoms with van der Waals surface area (Å²) in [6.45, 7) is 9.14. The predicted octanol–water partition coefficient (Wildman–Crippen LogP) is 3.41. The molecule has 0 bridgehead atoms. The van der Waals surface area contributed by atoms with Crippen LogP contribution in [0.25, 0.3) is 10.9 Å². The lowest BCUT2D eigenvalue weighted by Crippen LogP contribution is -2.22. The molecule has 0 aliphatic carbocycles. The molecule has 2 N–H and O–H groups in total. The van der Waals surface area contributed by atoms with Crippen molar-refractivity contribution in [1.29, 1.82) is 0 Å². The summed E-state index contributed by atoms with van der Waals surface area (Å²) in [5.41, 5.74) is 8.19. The summed E-state index contributed by atoms with van der Waals surface area (Å²) < 4.78 is 7.97. The van der Waals surface area contributed by atoms with Crippen LogP contribution in [0.4, 0.5) is 0 Å². The minimum atomic E-state index is -1.01. The number of nitrogens with zero attached hydrogens (tertiary/aromatic N) is 1. The molecule has 0 fully saturated rings. The summed E-state index contributed by atoms with van der Waals surface area (Å²) in [6.07, 6.45) is 2.08. The highest BCUT2D eigenvalue weighted by atomic mass is 28.3. The third-order valence-corrected chi connectivity index (χ3v) is 5.02. The van der Waals surface area contributed by atoms with E-state index >= 15 is 0 Å². The minimum absolute atomic E-state index is 0.566. The van der Waals surface area contributed by atoms with Crippen LogP contribution in [-0.2, 0) is 18.0 Å². The molecule has 0 unspecified atom stereocenters. The van der Waals surface area contributed by atoms with Gasteiger partial charge in [0, 0.05) is 27.4 Å². The van der Waals surface area contributed by atoms with E-state index in [0.29, 0.717) is 13.3 Å². The van der Waals surface area contributed by atoms with E-state index in [1.54, 1.807) is 0 Å². The average Bonchev–Trinajstić information content (AvgIpc) is 2.77. The van der Waals surface area contributed by atoms with E-state index < -0.39 is 8.07 Å². The molecule has 0 aliphatic heterocycles. The Hall–Kier alpha value is -1.10. The second-order valence-electron chi connectivity index (χ2n) is 6.19. The van der Waals surface area contributed by atoms with Gasteiger partial charge in [0.15, 0.2) is 0 Å². The molecule has 0 saturated carbocycles. The van der Waals surface area contributed by atoms with Gasteiger partial charge < -0.3 is 15.0 Å². The van der Waals surface area contributed by atoms with Gasteiger partial charge in [-0.1, -0.05) is 37.8 Å². The Balaban J connectivity index is 2.05. The number of ether oxygens (including phenoxy) is 1. The molecule has 2 aromatic rings. The third kappa shape index (κ3) is 3.69. The molecule has 1 aromatic carbocycles. The van der Waals surface area contributed by atoms with Crippen molar-refractivity contribution in [3.05, 3.63) is 36.0 Å². The van der Waals surface area contributed by atoms with Crippen LogP contribution in [0, 0.1) is 0 Å². The van der Waals surface area contributed by atoms with Gasteiger partial charge in [-0.25, -0.2) is 0 Å². The van der Waals surface area contributed by atoms with E-state index in [2.05, 4.69) is 54.7 Å². The van der Waals surface area contributed by atoms with Gasteiger partial charge in [0.25, 0.3) is 0 Å². The normalized spacial score (nSPS) is 12.2. The van der Waals surface area contributed by atoms with Gasteiger partial charge in [-0.15, -0.1) is 0 Å². The zero-order chi connectivity index (χ0) is 13.9. The van der Waals surface area contributed by atoms with Crippen molar-refractivity contribution >= 4 is 19.0 Å². The number of rotatable bonds is 6. The number of fused-ring (bicyclic) bond motifs is 1. The Morgan fingerprint density at radius 3 is 2.68 bits per heavy atom. The molecule has 104 valence electrons. The largest absolute Gasteiger partial charge is 0.361 e. The molecule has 19 heavy (non-hydrogen) atoms. The van der Waals surface area contributed by atoms with E-state index in [-0.39, 0.29) is 0 Å². The molecule has 1 heterocycles.